The maximum atomic E-state index is 11.0. The zero-order valence-corrected chi connectivity index (χ0v) is 9.85. The predicted octanol–water partition coefficient (Wildman–Crippen LogP) is 1.94. The highest BCUT2D eigenvalue weighted by Gasteiger charge is 2.02. The lowest BCUT2D eigenvalue weighted by molar-refractivity contribution is -0.139. The second-order valence-electron chi connectivity index (χ2n) is 3.28. The molecule has 0 unspecified atom stereocenters. The van der Waals surface area contributed by atoms with Gasteiger partial charge in [0.15, 0.2) is 0 Å². The van der Waals surface area contributed by atoms with Gasteiger partial charge >= 0.3 is 5.97 Å². The van der Waals surface area contributed by atoms with Gasteiger partial charge < -0.3 is 14.2 Å². The van der Waals surface area contributed by atoms with Gasteiger partial charge in [0.25, 0.3) is 0 Å². The van der Waals surface area contributed by atoms with E-state index in [2.05, 4.69) is 11.3 Å². The standard InChI is InChI=1S/C13H16O4/c1-3-16-8-9-17-12-6-4-11(5-7-12)10-13(14)15-2/h3-7H,1,8-10H2,2H3. The summed E-state index contributed by atoms with van der Waals surface area (Å²) >= 11 is 0. The zero-order valence-electron chi connectivity index (χ0n) is 9.85. The van der Waals surface area contributed by atoms with Crippen molar-refractivity contribution in [2.45, 2.75) is 6.42 Å². The third-order valence-electron chi connectivity index (χ3n) is 2.09. The fourth-order valence-corrected chi connectivity index (χ4v) is 1.23. The molecule has 17 heavy (non-hydrogen) atoms. The van der Waals surface area contributed by atoms with E-state index in [9.17, 15) is 4.79 Å². The number of ether oxygens (including phenoxy) is 3. The number of esters is 1. The minimum atomic E-state index is -0.252. The van der Waals surface area contributed by atoms with E-state index < -0.39 is 0 Å². The predicted molar refractivity (Wildman–Crippen MR) is 63.8 cm³/mol. The molecule has 0 amide bonds. The number of benzene rings is 1. The highest BCUT2D eigenvalue weighted by Crippen LogP contribution is 2.12. The number of methoxy groups -OCH3 is 1. The lowest BCUT2D eigenvalue weighted by Gasteiger charge is -2.06. The topological polar surface area (TPSA) is 44.8 Å². The van der Waals surface area contributed by atoms with E-state index in [-0.39, 0.29) is 12.4 Å². The van der Waals surface area contributed by atoms with E-state index in [0.717, 1.165) is 11.3 Å². The lowest BCUT2D eigenvalue weighted by Crippen LogP contribution is -2.05. The molecule has 0 aliphatic heterocycles. The summed E-state index contributed by atoms with van der Waals surface area (Å²) in [4.78, 5) is 11.0. The number of hydrogen-bond acceptors (Lipinski definition) is 4. The van der Waals surface area contributed by atoms with E-state index in [1.54, 1.807) is 0 Å². The Morgan fingerprint density at radius 2 is 2.00 bits per heavy atom. The Balaban J connectivity index is 2.39. The van der Waals surface area contributed by atoms with Gasteiger partial charge in [0.05, 0.1) is 19.8 Å². The minimum Gasteiger partial charge on any atom is -0.498 e. The first-order valence-corrected chi connectivity index (χ1v) is 5.27. The van der Waals surface area contributed by atoms with Crippen molar-refractivity contribution in [3.63, 3.8) is 0 Å². The molecular weight excluding hydrogens is 220 g/mol. The van der Waals surface area contributed by atoms with Crippen LogP contribution in [0, 0.1) is 0 Å². The third-order valence-corrected chi connectivity index (χ3v) is 2.09. The van der Waals surface area contributed by atoms with Crippen molar-refractivity contribution in [2.75, 3.05) is 20.3 Å². The molecule has 92 valence electrons. The molecule has 0 aliphatic carbocycles. The second-order valence-corrected chi connectivity index (χ2v) is 3.28. The molecule has 0 bridgehead atoms. The Bertz CT molecular complexity index is 356. The van der Waals surface area contributed by atoms with E-state index in [0.29, 0.717) is 13.2 Å². The molecule has 0 atom stereocenters. The van der Waals surface area contributed by atoms with Crippen LogP contribution in [0.4, 0.5) is 0 Å². The van der Waals surface area contributed by atoms with Crippen LogP contribution in [-0.4, -0.2) is 26.3 Å². The maximum absolute atomic E-state index is 11.0. The Kier molecular flexibility index (Phi) is 5.64. The fourth-order valence-electron chi connectivity index (χ4n) is 1.23. The van der Waals surface area contributed by atoms with Crippen LogP contribution in [0.3, 0.4) is 0 Å². The Morgan fingerprint density at radius 3 is 2.59 bits per heavy atom. The first-order valence-electron chi connectivity index (χ1n) is 5.27. The van der Waals surface area contributed by atoms with Crippen molar-refractivity contribution < 1.29 is 19.0 Å². The molecule has 0 aromatic heterocycles. The number of carbonyl (C=O) groups excluding carboxylic acids is 1. The highest BCUT2D eigenvalue weighted by atomic mass is 16.5. The van der Waals surface area contributed by atoms with E-state index in [1.165, 1.54) is 13.4 Å². The van der Waals surface area contributed by atoms with Gasteiger partial charge in [-0.05, 0) is 17.7 Å². The summed E-state index contributed by atoms with van der Waals surface area (Å²) in [5, 5.41) is 0. The van der Waals surface area contributed by atoms with Crippen molar-refractivity contribution >= 4 is 5.97 Å². The number of rotatable bonds is 7. The average molecular weight is 236 g/mol. The van der Waals surface area contributed by atoms with Gasteiger partial charge in [0.2, 0.25) is 0 Å². The molecule has 0 saturated heterocycles. The summed E-state index contributed by atoms with van der Waals surface area (Å²) in [6, 6.07) is 7.29. The van der Waals surface area contributed by atoms with Crippen molar-refractivity contribution in [3.05, 3.63) is 42.7 Å². The first kappa shape index (κ1) is 13.1. The smallest absolute Gasteiger partial charge is 0.309 e. The fraction of sp³-hybridized carbons (Fsp3) is 0.308. The molecule has 1 aromatic carbocycles. The molecule has 4 heteroatoms. The van der Waals surface area contributed by atoms with E-state index in [4.69, 9.17) is 9.47 Å². The summed E-state index contributed by atoms with van der Waals surface area (Å²) in [5.41, 5.74) is 0.895. The first-order chi connectivity index (χ1) is 8.26. The Labute approximate surface area is 101 Å². The summed E-state index contributed by atoms with van der Waals surface area (Å²) in [5.74, 6) is 0.490. The normalized spacial score (nSPS) is 9.47. The monoisotopic (exact) mass is 236 g/mol. The van der Waals surface area contributed by atoms with Crippen LogP contribution in [0.15, 0.2) is 37.1 Å². The largest absolute Gasteiger partial charge is 0.498 e. The summed E-state index contributed by atoms with van der Waals surface area (Å²) in [6.07, 6.45) is 1.65. The van der Waals surface area contributed by atoms with Gasteiger partial charge in [-0.15, -0.1) is 0 Å². The zero-order chi connectivity index (χ0) is 12.5. The molecule has 0 radical (unpaired) electrons. The Hall–Kier alpha value is -1.97. The van der Waals surface area contributed by atoms with Crippen LogP contribution in [0.5, 0.6) is 5.75 Å². The van der Waals surface area contributed by atoms with Crippen LogP contribution in [-0.2, 0) is 20.7 Å². The molecule has 0 N–H and O–H groups in total. The van der Waals surface area contributed by atoms with Gasteiger partial charge in [0, 0.05) is 0 Å². The summed E-state index contributed by atoms with van der Waals surface area (Å²) < 4.78 is 14.9. The van der Waals surface area contributed by atoms with Gasteiger partial charge in [-0.3, -0.25) is 4.79 Å². The highest BCUT2D eigenvalue weighted by molar-refractivity contribution is 5.72. The van der Waals surface area contributed by atoms with Crippen molar-refractivity contribution in [3.8, 4) is 5.75 Å². The maximum Gasteiger partial charge on any atom is 0.309 e. The lowest BCUT2D eigenvalue weighted by atomic mass is 10.1. The Morgan fingerprint density at radius 1 is 1.29 bits per heavy atom. The molecule has 0 heterocycles. The number of carbonyl (C=O) groups is 1. The van der Waals surface area contributed by atoms with Crippen LogP contribution in [0.2, 0.25) is 0 Å². The molecule has 0 spiro atoms. The van der Waals surface area contributed by atoms with Crippen molar-refractivity contribution in [1.29, 1.82) is 0 Å². The quantitative estimate of drug-likeness (QED) is 0.412. The SMILES string of the molecule is C=COCCOc1ccc(CC(=O)OC)cc1. The van der Waals surface area contributed by atoms with Gasteiger partial charge in [-0.2, -0.15) is 0 Å². The molecule has 0 aliphatic rings. The molecule has 1 aromatic rings. The summed E-state index contributed by atoms with van der Waals surface area (Å²) in [7, 11) is 1.37. The molecule has 0 fully saturated rings. The molecule has 0 saturated carbocycles. The van der Waals surface area contributed by atoms with Gasteiger partial charge in [-0.25, -0.2) is 0 Å². The van der Waals surface area contributed by atoms with Gasteiger partial charge in [0.1, 0.15) is 19.0 Å². The minimum absolute atomic E-state index is 0.252. The van der Waals surface area contributed by atoms with Crippen molar-refractivity contribution in [1.82, 2.24) is 0 Å². The summed E-state index contributed by atoms with van der Waals surface area (Å²) in [6.45, 7) is 4.36. The van der Waals surface area contributed by atoms with Crippen LogP contribution < -0.4 is 4.74 Å². The van der Waals surface area contributed by atoms with E-state index >= 15 is 0 Å². The van der Waals surface area contributed by atoms with Crippen LogP contribution >= 0.6 is 0 Å². The molecule has 4 nitrogen and oxygen atoms in total. The van der Waals surface area contributed by atoms with E-state index in [1.807, 2.05) is 24.3 Å². The number of hydrogen-bond donors (Lipinski definition) is 0. The van der Waals surface area contributed by atoms with Gasteiger partial charge in [-0.1, -0.05) is 18.7 Å². The molecule has 1 rings (SSSR count). The second kappa shape index (κ2) is 7.33. The van der Waals surface area contributed by atoms with Crippen LogP contribution in [0.1, 0.15) is 5.56 Å². The average Bonchev–Trinajstić information content (AvgIpc) is 2.36. The van der Waals surface area contributed by atoms with Crippen molar-refractivity contribution in [2.24, 2.45) is 0 Å². The van der Waals surface area contributed by atoms with Crippen LogP contribution in [0.25, 0.3) is 0 Å². The third kappa shape index (κ3) is 5.06. The molecular formula is C13H16O4.